The Bertz CT molecular complexity index is 1070. The van der Waals surface area contributed by atoms with Crippen LogP contribution in [-0.4, -0.2) is 9.55 Å². The fourth-order valence-electron chi connectivity index (χ4n) is 3.43. The maximum Gasteiger partial charge on any atom is 0.330 e. The molecule has 0 atom stereocenters. The van der Waals surface area contributed by atoms with Crippen molar-refractivity contribution in [2.45, 2.75) is 46.3 Å². The highest BCUT2D eigenvalue weighted by Gasteiger charge is 2.20. The van der Waals surface area contributed by atoms with Gasteiger partial charge >= 0.3 is 5.69 Å². The molecular formula is C23H28N4O2. The van der Waals surface area contributed by atoms with Crippen LogP contribution in [0.15, 0.2) is 64.2 Å². The first-order chi connectivity index (χ1) is 14.0. The number of aromatic nitrogens is 2. The van der Waals surface area contributed by atoms with Crippen LogP contribution in [0.5, 0.6) is 0 Å². The van der Waals surface area contributed by atoms with Crippen LogP contribution < -0.4 is 21.9 Å². The Balaban J connectivity index is 2.09. The minimum atomic E-state index is -0.458. The van der Waals surface area contributed by atoms with Crippen LogP contribution >= 0.6 is 0 Å². The smallest absolute Gasteiger partial charge is 0.330 e. The molecule has 0 spiro atoms. The molecule has 1 heterocycles. The van der Waals surface area contributed by atoms with Crippen LogP contribution in [0.25, 0.3) is 0 Å². The van der Waals surface area contributed by atoms with E-state index in [4.69, 9.17) is 5.73 Å². The summed E-state index contributed by atoms with van der Waals surface area (Å²) in [4.78, 5) is 29.5. The zero-order valence-electron chi connectivity index (χ0n) is 17.0. The number of aromatic amines is 1. The summed E-state index contributed by atoms with van der Waals surface area (Å²) in [5.74, 6) is 0.219. The van der Waals surface area contributed by atoms with E-state index >= 15 is 0 Å². The minimum absolute atomic E-state index is 0.219. The Hall–Kier alpha value is -3.28. The number of hydrogen-bond acceptors (Lipinski definition) is 4. The molecule has 2 aromatic carbocycles. The molecule has 0 saturated carbocycles. The molecule has 0 aliphatic carbocycles. The number of unbranched alkanes of at least 4 members (excludes halogenated alkanes) is 1. The van der Waals surface area contributed by atoms with Crippen LogP contribution in [0.1, 0.15) is 36.5 Å². The number of anilines is 2. The summed E-state index contributed by atoms with van der Waals surface area (Å²) in [6.07, 6.45) is 1.74. The molecule has 3 aromatic rings. The van der Waals surface area contributed by atoms with Crippen LogP contribution in [0.3, 0.4) is 0 Å². The molecule has 3 rings (SSSR count). The zero-order chi connectivity index (χ0) is 20.8. The van der Waals surface area contributed by atoms with Crippen molar-refractivity contribution in [2.75, 3.05) is 10.6 Å². The van der Waals surface area contributed by atoms with Crippen molar-refractivity contribution in [3.05, 3.63) is 92.1 Å². The van der Waals surface area contributed by atoms with Gasteiger partial charge in [0.25, 0.3) is 5.56 Å². The largest absolute Gasteiger partial charge is 0.383 e. The van der Waals surface area contributed by atoms with Gasteiger partial charge in [0, 0.05) is 19.6 Å². The lowest BCUT2D eigenvalue weighted by atomic mass is 10.1. The number of H-pyrrole nitrogens is 1. The van der Waals surface area contributed by atoms with Gasteiger partial charge in [0.15, 0.2) is 0 Å². The third-order valence-electron chi connectivity index (χ3n) is 5.10. The molecule has 0 aliphatic heterocycles. The Morgan fingerprint density at radius 3 is 2.38 bits per heavy atom. The normalized spacial score (nSPS) is 10.8. The highest BCUT2D eigenvalue weighted by Crippen LogP contribution is 2.23. The Morgan fingerprint density at radius 1 is 1.00 bits per heavy atom. The van der Waals surface area contributed by atoms with E-state index in [1.807, 2.05) is 73.3 Å². The quantitative estimate of drug-likeness (QED) is 0.615. The summed E-state index contributed by atoms with van der Waals surface area (Å²) < 4.78 is 1.47. The highest BCUT2D eigenvalue weighted by molar-refractivity contribution is 5.63. The van der Waals surface area contributed by atoms with E-state index in [9.17, 15) is 9.59 Å². The topological polar surface area (TPSA) is 84.1 Å². The van der Waals surface area contributed by atoms with Crippen molar-refractivity contribution < 1.29 is 0 Å². The monoisotopic (exact) mass is 392 g/mol. The van der Waals surface area contributed by atoms with Gasteiger partial charge < -0.3 is 10.6 Å². The van der Waals surface area contributed by atoms with Gasteiger partial charge in [-0.2, -0.15) is 0 Å². The first kappa shape index (κ1) is 20.5. The number of rotatable bonds is 8. The van der Waals surface area contributed by atoms with Crippen molar-refractivity contribution in [2.24, 2.45) is 0 Å². The lowest BCUT2D eigenvalue weighted by Crippen LogP contribution is -2.38. The zero-order valence-corrected chi connectivity index (χ0v) is 17.0. The second kappa shape index (κ2) is 9.28. The predicted octanol–water partition coefficient (Wildman–Crippen LogP) is 3.43. The van der Waals surface area contributed by atoms with E-state index in [1.54, 1.807) is 0 Å². The SMILES string of the molecule is CCCCn1c(N)c(N(Cc2ccccc2)Cc2ccccc2C)c(=O)[nH]c1=O. The third-order valence-corrected chi connectivity index (χ3v) is 5.10. The summed E-state index contributed by atoms with van der Waals surface area (Å²) in [7, 11) is 0. The van der Waals surface area contributed by atoms with Gasteiger partial charge in [0.2, 0.25) is 0 Å². The molecule has 0 fully saturated rings. The van der Waals surface area contributed by atoms with Crippen molar-refractivity contribution in [3.63, 3.8) is 0 Å². The van der Waals surface area contributed by atoms with Gasteiger partial charge in [0.05, 0.1) is 0 Å². The molecule has 0 unspecified atom stereocenters. The molecule has 0 saturated heterocycles. The van der Waals surface area contributed by atoms with E-state index in [-0.39, 0.29) is 5.82 Å². The highest BCUT2D eigenvalue weighted by atomic mass is 16.2. The van der Waals surface area contributed by atoms with Gasteiger partial charge in [0.1, 0.15) is 11.5 Å². The van der Waals surface area contributed by atoms with E-state index in [0.717, 1.165) is 29.5 Å². The summed E-state index contributed by atoms with van der Waals surface area (Å²) in [5.41, 5.74) is 9.11. The summed E-state index contributed by atoms with van der Waals surface area (Å²) in [5, 5.41) is 0. The number of nitrogens with two attached hydrogens (primary N) is 1. The standard InChI is InChI=1S/C23H28N4O2/c1-3-4-14-27-21(24)20(22(28)25-23(27)29)26(15-18-11-6-5-7-12-18)16-19-13-9-8-10-17(19)2/h5-13H,3-4,14-16,24H2,1-2H3,(H,25,28,29). The minimum Gasteiger partial charge on any atom is -0.383 e. The van der Waals surface area contributed by atoms with Crippen LogP contribution in [0.4, 0.5) is 11.5 Å². The Kier molecular flexibility index (Phi) is 6.54. The summed E-state index contributed by atoms with van der Waals surface area (Å²) in [6, 6.07) is 18.0. The Labute approximate surface area is 170 Å². The number of aryl methyl sites for hydroxylation is 1. The molecule has 29 heavy (non-hydrogen) atoms. The summed E-state index contributed by atoms with van der Waals surface area (Å²) in [6.45, 7) is 5.60. The van der Waals surface area contributed by atoms with E-state index < -0.39 is 11.2 Å². The van der Waals surface area contributed by atoms with E-state index in [2.05, 4.69) is 4.98 Å². The molecule has 3 N–H and O–H groups in total. The van der Waals surface area contributed by atoms with Crippen molar-refractivity contribution in [1.29, 1.82) is 0 Å². The second-order valence-electron chi connectivity index (χ2n) is 7.27. The van der Waals surface area contributed by atoms with Gasteiger partial charge in [-0.3, -0.25) is 14.3 Å². The van der Waals surface area contributed by atoms with Crippen molar-refractivity contribution in [1.82, 2.24) is 9.55 Å². The lowest BCUT2D eigenvalue weighted by Gasteiger charge is -2.27. The third kappa shape index (κ3) is 4.77. The van der Waals surface area contributed by atoms with Crippen LogP contribution in [-0.2, 0) is 19.6 Å². The maximum absolute atomic E-state index is 12.8. The van der Waals surface area contributed by atoms with Gasteiger partial charge in [-0.15, -0.1) is 0 Å². The van der Waals surface area contributed by atoms with Gasteiger partial charge in [-0.25, -0.2) is 4.79 Å². The molecule has 0 radical (unpaired) electrons. The molecule has 0 aliphatic rings. The fraction of sp³-hybridized carbons (Fsp3) is 0.304. The first-order valence-corrected chi connectivity index (χ1v) is 9.97. The van der Waals surface area contributed by atoms with Crippen LogP contribution in [0.2, 0.25) is 0 Å². The number of benzene rings is 2. The summed E-state index contributed by atoms with van der Waals surface area (Å²) >= 11 is 0. The molecule has 1 aromatic heterocycles. The van der Waals surface area contributed by atoms with Gasteiger partial charge in [-0.1, -0.05) is 67.9 Å². The molecular weight excluding hydrogens is 364 g/mol. The number of hydrogen-bond donors (Lipinski definition) is 2. The van der Waals surface area contributed by atoms with Crippen molar-refractivity contribution >= 4 is 11.5 Å². The molecule has 0 bridgehead atoms. The average Bonchev–Trinajstić information content (AvgIpc) is 2.70. The van der Waals surface area contributed by atoms with E-state index in [1.165, 1.54) is 4.57 Å². The first-order valence-electron chi connectivity index (χ1n) is 9.97. The van der Waals surface area contributed by atoms with E-state index in [0.29, 0.717) is 25.3 Å². The number of nitrogen functional groups attached to an aromatic ring is 1. The number of nitrogens with zero attached hydrogens (tertiary/aromatic N) is 2. The molecule has 6 nitrogen and oxygen atoms in total. The molecule has 0 amide bonds. The average molecular weight is 393 g/mol. The van der Waals surface area contributed by atoms with Gasteiger partial charge in [-0.05, 0) is 30.0 Å². The van der Waals surface area contributed by atoms with Crippen LogP contribution in [0, 0.1) is 6.92 Å². The second-order valence-corrected chi connectivity index (χ2v) is 7.27. The van der Waals surface area contributed by atoms with Crippen molar-refractivity contribution in [3.8, 4) is 0 Å². The lowest BCUT2D eigenvalue weighted by molar-refractivity contribution is 0.601. The maximum atomic E-state index is 12.8. The predicted molar refractivity (Wildman–Crippen MR) is 118 cm³/mol. The molecule has 152 valence electrons. The molecule has 6 heteroatoms. The fourth-order valence-corrected chi connectivity index (χ4v) is 3.43. The Morgan fingerprint density at radius 2 is 1.69 bits per heavy atom. The number of nitrogens with one attached hydrogen (secondary N) is 1.